The smallest absolute Gasteiger partial charge is 0.234 e. The van der Waals surface area contributed by atoms with Gasteiger partial charge in [-0.25, -0.2) is 0 Å². The molecule has 0 spiro atoms. The first kappa shape index (κ1) is 17.7. The molecule has 0 aromatic carbocycles. The summed E-state index contributed by atoms with van der Waals surface area (Å²) in [5.74, 6) is 0.137. The highest BCUT2D eigenvalue weighted by molar-refractivity contribution is 5.85. The SMILES string of the molecule is CC1(C)CN(CC(=O)NC2CCOCC2)CCC1N.Cl. The molecule has 2 rings (SSSR count). The van der Waals surface area contributed by atoms with Gasteiger partial charge in [0, 0.05) is 38.4 Å². The number of likely N-dealkylation sites (tertiary alicyclic amines) is 1. The highest BCUT2D eigenvalue weighted by atomic mass is 35.5. The van der Waals surface area contributed by atoms with Crippen LogP contribution in [0, 0.1) is 5.41 Å². The zero-order valence-electron chi connectivity index (χ0n) is 12.6. The Balaban J connectivity index is 0.00000200. The maximum atomic E-state index is 12.0. The number of nitrogens with two attached hydrogens (primary N) is 1. The van der Waals surface area contributed by atoms with Gasteiger partial charge in [-0.15, -0.1) is 12.4 Å². The fourth-order valence-corrected chi connectivity index (χ4v) is 2.94. The number of hydrogen-bond donors (Lipinski definition) is 2. The average Bonchev–Trinajstić information content (AvgIpc) is 2.34. The van der Waals surface area contributed by atoms with Crippen molar-refractivity contribution >= 4 is 18.3 Å². The number of rotatable bonds is 3. The lowest BCUT2D eigenvalue weighted by atomic mass is 9.80. The van der Waals surface area contributed by atoms with Crippen molar-refractivity contribution in [1.82, 2.24) is 10.2 Å². The Labute approximate surface area is 128 Å². The summed E-state index contributed by atoms with van der Waals surface area (Å²) >= 11 is 0. The number of carbonyl (C=O) groups is 1. The topological polar surface area (TPSA) is 67.6 Å². The molecular weight excluding hydrogens is 278 g/mol. The van der Waals surface area contributed by atoms with Gasteiger partial charge in [0.25, 0.3) is 0 Å². The Morgan fingerprint density at radius 1 is 1.35 bits per heavy atom. The summed E-state index contributed by atoms with van der Waals surface area (Å²) in [5.41, 5.74) is 6.21. The molecule has 1 atom stereocenters. The van der Waals surface area contributed by atoms with Crippen LogP contribution in [0.4, 0.5) is 0 Å². The van der Waals surface area contributed by atoms with Crippen LogP contribution in [0.25, 0.3) is 0 Å². The Kier molecular flexibility index (Phi) is 6.72. The zero-order chi connectivity index (χ0) is 13.9. The van der Waals surface area contributed by atoms with Crippen LogP contribution in [-0.2, 0) is 9.53 Å². The predicted octanol–water partition coefficient (Wildman–Crippen LogP) is 0.763. The van der Waals surface area contributed by atoms with E-state index < -0.39 is 0 Å². The molecule has 2 aliphatic heterocycles. The van der Waals surface area contributed by atoms with Crippen LogP contribution < -0.4 is 11.1 Å². The van der Waals surface area contributed by atoms with E-state index in [1.54, 1.807) is 0 Å². The molecule has 5 nitrogen and oxygen atoms in total. The molecule has 0 bridgehead atoms. The van der Waals surface area contributed by atoms with Gasteiger partial charge >= 0.3 is 0 Å². The van der Waals surface area contributed by atoms with Gasteiger partial charge in [0.2, 0.25) is 5.91 Å². The molecular formula is C14H28ClN3O2. The Morgan fingerprint density at radius 2 is 2.00 bits per heavy atom. The summed E-state index contributed by atoms with van der Waals surface area (Å²) in [6, 6.07) is 0.531. The molecule has 2 fully saturated rings. The van der Waals surface area contributed by atoms with Gasteiger partial charge in [-0.1, -0.05) is 13.8 Å². The van der Waals surface area contributed by atoms with E-state index in [9.17, 15) is 4.79 Å². The van der Waals surface area contributed by atoms with Crippen LogP contribution in [0.5, 0.6) is 0 Å². The minimum Gasteiger partial charge on any atom is -0.381 e. The molecule has 1 amide bonds. The number of halogens is 1. The second-order valence-corrected chi connectivity index (χ2v) is 6.55. The molecule has 6 heteroatoms. The highest BCUT2D eigenvalue weighted by Gasteiger charge is 2.34. The van der Waals surface area contributed by atoms with Crippen molar-refractivity contribution in [2.24, 2.45) is 11.1 Å². The first-order valence-electron chi connectivity index (χ1n) is 7.32. The van der Waals surface area contributed by atoms with Gasteiger partial charge in [0.1, 0.15) is 0 Å². The van der Waals surface area contributed by atoms with E-state index in [1.165, 1.54) is 0 Å². The Bertz CT molecular complexity index is 320. The third kappa shape index (κ3) is 4.88. The van der Waals surface area contributed by atoms with Gasteiger partial charge in [0.15, 0.2) is 0 Å². The minimum absolute atomic E-state index is 0. The molecule has 0 radical (unpaired) electrons. The number of nitrogens with zero attached hydrogens (tertiary/aromatic N) is 1. The van der Waals surface area contributed by atoms with Crippen LogP contribution >= 0.6 is 12.4 Å². The monoisotopic (exact) mass is 305 g/mol. The lowest BCUT2D eigenvalue weighted by molar-refractivity contribution is -0.124. The third-order valence-electron chi connectivity index (χ3n) is 4.34. The second kappa shape index (κ2) is 7.59. The van der Waals surface area contributed by atoms with E-state index in [0.717, 1.165) is 45.6 Å². The third-order valence-corrected chi connectivity index (χ3v) is 4.34. The van der Waals surface area contributed by atoms with Crippen molar-refractivity contribution in [3.05, 3.63) is 0 Å². The first-order chi connectivity index (χ1) is 8.97. The largest absolute Gasteiger partial charge is 0.381 e. The molecule has 0 aliphatic carbocycles. The molecule has 2 saturated heterocycles. The van der Waals surface area contributed by atoms with Gasteiger partial charge in [-0.3, -0.25) is 9.69 Å². The summed E-state index contributed by atoms with van der Waals surface area (Å²) in [6.45, 7) is 8.20. The summed E-state index contributed by atoms with van der Waals surface area (Å²) in [4.78, 5) is 14.3. The maximum Gasteiger partial charge on any atom is 0.234 e. The van der Waals surface area contributed by atoms with E-state index in [4.69, 9.17) is 10.5 Å². The van der Waals surface area contributed by atoms with Gasteiger partial charge in [-0.05, 0) is 24.7 Å². The standard InChI is InChI=1S/C14H27N3O2.ClH/c1-14(2)10-17(6-3-12(14)15)9-13(18)16-11-4-7-19-8-5-11;/h11-12H,3-10,15H2,1-2H3,(H,16,18);1H. The number of hydrogen-bond acceptors (Lipinski definition) is 4. The van der Waals surface area contributed by atoms with Crippen molar-refractivity contribution < 1.29 is 9.53 Å². The van der Waals surface area contributed by atoms with Crippen molar-refractivity contribution in [3.8, 4) is 0 Å². The summed E-state index contributed by atoms with van der Waals surface area (Å²) < 4.78 is 5.29. The molecule has 118 valence electrons. The summed E-state index contributed by atoms with van der Waals surface area (Å²) in [7, 11) is 0. The van der Waals surface area contributed by atoms with Crippen molar-refractivity contribution in [3.63, 3.8) is 0 Å². The Hall–Kier alpha value is -0.360. The summed E-state index contributed by atoms with van der Waals surface area (Å²) in [5, 5.41) is 3.11. The molecule has 2 heterocycles. The molecule has 2 aliphatic rings. The molecule has 0 aromatic heterocycles. The average molecular weight is 306 g/mol. The van der Waals surface area contributed by atoms with E-state index in [0.29, 0.717) is 12.6 Å². The van der Waals surface area contributed by atoms with Crippen LogP contribution in [0.2, 0.25) is 0 Å². The van der Waals surface area contributed by atoms with Crippen molar-refractivity contribution in [2.45, 2.75) is 45.2 Å². The van der Waals surface area contributed by atoms with Gasteiger partial charge in [-0.2, -0.15) is 0 Å². The fourth-order valence-electron chi connectivity index (χ4n) is 2.94. The first-order valence-corrected chi connectivity index (χ1v) is 7.32. The number of ether oxygens (including phenoxy) is 1. The fraction of sp³-hybridized carbons (Fsp3) is 0.929. The van der Waals surface area contributed by atoms with Crippen LogP contribution in [-0.4, -0.2) is 55.7 Å². The lowest BCUT2D eigenvalue weighted by Crippen LogP contribution is -2.54. The minimum atomic E-state index is 0. The predicted molar refractivity (Wildman–Crippen MR) is 82.0 cm³/mol. The second-order valence-electron chi connectivity index (χ2n) is 6.55. The van der Waals surface area contributed by atoms with Crippen LogP contribution in [0.15, 0.2) is 0 Å². The maximum absolute atomic E-state index is 12.0. The van der Waals surface area contributed by atoms with Gasteiger partial charge < -0.3 is 15.8 Å². The molecule has 20 heavy (non-hydrogen) atoms. The quantitative estimate of drug-likeness (QED) is 0.808. The molecule has 0 saturated carbocycles. The van der Waals surface area contributed by atoms with E-state index >= 15 is 0 Å². The molecule has 0 aromatic rings. The number of nitrogens with one attached hydrogen (secondary N) is 1. The molecule has 3 N–H and O–H groups in total. The van der Waals surface area contributed by atoms with Crippen molar-refractivity contribution in [1.29, 1.82) is 0 Å². The van der Waals surface area contributed by atoms with Crippen LogP contribution in [0.3, 0.4) is 0 Å². The normalized spacial score (nSPS) is 27.6. The van der Waals surface area contributed by atoms with Crippen molar-refractivity contribution in [2.75, 3.05) is 32.8 Å². The zero-order valence-corrected chi connectivity index (χ0v) is 13.4. The van der Waals surface area contributed by atoms with Gasteiger partial charge in [0.05, 0.1) is 6.54 Å². The number of carbonyl (C=O) groups excluding carboxylic acids is 1. The van der Waals surface area contributed by atoms with E-state index in [2.05, 4.69) is 24.1 Å². The van der Waals surface area contributed by atoms with E-state index in [-0.39, 0.29) is 29.8 Å². The van der Waals surface area contributed by atoms with Crippen LogP contribution in [0.1, 0.15) is 33.1 Å². The number of amides is 1. The summed E-state index contributed by atoms with van der Waals surface area (Å²) in [6.07, 6.45) is 2.84. The molecule has 1 unspecified atom stereocenters. The lowest BCUT2D eigenvalue weighted by Gasteiger charge is -2.42. The number of piperidine rings is 1. The van der Waals surface area contributed by atoms with E-state index in [1.807, 2.05) is 0 Å². The Morgan fingerprint density at radius 3 is 2.60 bits per heavy atom. The highest BCUT2D eigenvalue weighted by Crippen LogP contribution is 2.27.